The first-order chi connectivity index (χ1) is 10.3. The van der Waals surface area contributed by atoms with Crippen LogP contribution >= 0.6 is 0 Å². The fourth-order valence-corrected chi connectivity index (χ4v) is 3.54. The first-order valence-corrected chi connectivity index (χ1v) is 8.06. The summed E-state index contributed by atoms with van der Waals surface area (Å²) in [5.41, 5.74) is 7.10. The van der Waals surface area contributed by atoms with E-state index in [1.807, 2.05) is 6.07 Å². The summed E-state index contributed by atoms with van der Waals surface area (Å²) in [6.45, 7) is 6.20. The fourth-order valence-electron chi connectivity index (χ4n) is 3.54. The number of nitrogen functional groups attached to an aromatic ring is 1. The molecule has 3 heterocycles. The summed E-state index contributed by atoms with van der Waals surface area (Å²) >= 11 is 0. The van der Waals surface area contributed by atoms with Gasteiger partial charge in [0.2, 0.25) is 0 Å². The van der Waals surface area contributed by atoms with Crippen LogP contribution in [0.4, 0.5) is 5.82 Å². The van der Waals surface area contributed by atoms with Crippen LogP contribution in [0.3, 0.4) is 0 Å². The highest BCUT2D eigenvalue weighted by Crippen LogP contribution is 2.25. The SMILES string of the molecule is CCNC(Cc1cccnc1N)C1CN2CCCC2CO1. The van der Waals surface area contributed by atoms with E-state index in [1.165, 1.54) is 19.4 Å². The number of morpholine rings is 1. The second-order valence-electron chi connectivity index (χ2n) is 6.08. The van der Waals surface area contributed by atoms with Crippen LogP contribution in [0.5, 0.6) is 0 Å². The van der Waals surface area contributed by atoms with Gasteiger partial charge in [0.15, 0.2) is 0 Å². The molecule has 3 N–H and O–H groups in total. The zero-order chi connectivity index (χ0) is 14.7. The standard InChI is InChI=1S/C16H26N4O/c1-2-18-14(9-12-5-3-7-19-16(12)17)15-10-20-8-4-6-13(20)11-21-15/h3,5,7,13-15,18H,2,4,6,8-11H2,1H3,(H2,17,19). The maximum absolute atomic E-state index is 6.15. The molecule has 0 radical (unpaired) electrons. The van der Waals surface area contributed by atoms with E-state index in [1.54, 1.807) is 6.20 Å². The number of hydrogen-bond donors (Lipinski definition) is 2. The molecule has 1 aromatic heterocycles. The molecule has 5 nitrogen and oxygen atoms in total. The summed E-state index contributed by atoms with van der Waals surface area (Å²) in [7, 11) is 0. The molecule has 0 aliphatic carbocycles. The molecule has 3 atom stereocenters. The molecule has 2 saturated heterocycles. The average Bonchev–Trinajstić information content (AvgIpc) is 2.96. The second kappa shape index (κ2) is 6.73. The Balaban J connectivity index is 1.68. The van der Waals surface area contributed by atoms with Crippen molar-refractivity contribution in [1.82, 2.24) is 15.2 Å². The topological polar surface area (TPSA) is 63.4 Å². The molecule has 2 aliphatic rings. The lowest BCUT2D eigenvalue weighted by atomic mass is 9.99. The van der Waals surface area contributed by atoms with Crippen LogP contribution in [-0.4, -0.2) is 54.3 Å². The van der Waals surface area contributed by atoms with Crippen LogP contribution < -0.4 is 11.1 Å². The predicted octanol–water partition coefficient (Wildman–Crippen LogP) is 1.05. The zero-order valence-corrected chi connectivity index (χ0v) is 12.8. The van der Waals surface area contributed by atoms with E-state index in [2.05, 4.69) is 28.2 Å². The summed E-state index contributed by atoms with van der Waals surface area (Å²) in [5.74, 6) is 0.635. The lowest BCUT2D eigenvalue weighted by Crippen LogP contribution is -2.54. The first kappa shape index (κ1) is 14.8. The number of likely N-dealkylation sites (N-methyl/N-ethyl adjacent to an activating group) is 1. The van der Waals surface area contributed by atoms with E-state index in [4.69, 9.17) is 10.5 Å². The van der Waals surface area contributed by atoms with Gasteiger partial charge in [0.05, 0.1) is 12.7 Å². The second-order valence-corrected chi connectivity index (χ2v) is 6.08. The quantitative estimate of drug-likeness (QED) is 0.848. The van der Waals surface area contributed by atoms with Gasteiger partial charge < -0.3 is 15.8 Å². The van der Waals surface area contributed by atoms with Crippen molar-refractivity contribution in [1.29, 1.82) is 0 Å². The van der Waals surface area contributed by atoms with Gasteiger partial charge in [-0.15, -0.1) is 0 Å². The maximum atomic E-state index is 6.15. The Kier molecular flexibility index (Phi) is 4.73. The van der Waals surface area contributed by atoms with Crippen LogP contribution in [0.25, 0.3) is 0 Å². The molecule has 0 amide bonds. The Labute approximate surface area is 126 Å². The van der Waals surface area contributed by atoms with E-state index in [9.17, 15) is 0 Å². The lowest BCUT2D eigenvalue weighted by Gasteiger charge is -2.39. The molecule has 3 rings (SSSR count). The number of ether oxygens (including phenoxy) is 1. The normalized spacial score (nSPS) is 27.5. The molecule has 21 heavy (non-hydrogen) atoms. The Morgan fingerprint density at radius 3 is 3.29 bits per heavy atom. The number of aromatic nitrogens is 1. The number of anilines is 1. The lowest BCUT2D eigenvalue weighted by molar-refractivity contribution is -0.0641. The zero-order valence-electron chi connectivity index (χ0n) is 12.8. The monoisotopic (exact) mass is 290 g/mol. The largest absolute Gasteiger partial charge is 0.383 e. The Hall–Kier alpha value is -1.17. The summed E-state index contributed by atoms with van der Waals surface area (Å²) < 4.78 is 6.15. The van der Waals surface area contributed by atoms with Crippen LogP contribution in [0.1, 0.15) is 25.3 Å². The van der Waals surface area contributed by atoms with Crippen LogP contribution in [-0.2, 0) is 11.2 Å². The minimum absolute atomic E-state index is 0.235. The van der Waals surface area contributed by atoms with Gasteiger partial charge >= 0.3 is 0 Å². The van der Waals surface area contributed by atoms with Gasteiger partial charge in [-0.2, -0.15) is 0 Å². The highest BCUT2D eigenvalue weighted by molar-refractivity contribution is 5.39. The van der Waals surface area contributed by atoms with Gasteiger partial charge in [-0.25, -0.2) is 4.98 Å². The smallest absolute Gasteiger partial charge is 0.126 e. The van der Waals surface area contributed by atoms with Crippen LogP contribution in [0.15, 0.2) is 18.3 Å². The van der Waals surface area contributed by atoms with Crippen molar-refractivity contribution in [3.8, 4) is 0 Å². The van der Waals surface area contributed by atoms with Crippen molar-refractivity contribution in [2.75, 3.05) is 32.0 Å². The van der Waals surface area contributed by atoms with E-state index >= 15 is 0 Å². The molecule has 2 fully saturated rings. The van der Waals surface area contributed by atoms with Crippen molar-refractivity contribution in [2.24, 2.45) is 0 Å². The highest BCUT2D eigenvalue weighted by atomic mass is 16.5. The van der Waals surface area contributed by atoms with Gasteiger partial charge in [0, 0.05) is 24.8 Å². The van der Waals surface area contributed by atoms with Gasteiger partial charge in [-0.1, -0.05) is 13.0 Å². The molecular formula is C16H26N4O. The van der Waals surface area contributed by atoms with Crippen molar-refractivity contribution in [2.45, 2.75) is 44.4 Å². The number of nitrogens with two attached hydrogens (primary N) is 1. The van der Waals surface area contributed by atoms with Crippen molar-refractivity contribution >= 4 is 5.82 Å². The number of fused-ring (bicyclic) bond motifs is 1. The van der Waals surface area contributed by atoms with Gasteiger partial charge in [0.1, 0.15) is 5.82 Å². The number of rotatable bonds is 5. The first-order valence-electron chi connectivity index (χ1n) is 8.06. The molecule has 0 aromatic carbocycles. The number of hydrogen-bond acceptors (Lipinski definition) is 5. The van der Waals surface area contributed by atoms with Crippen LogP contribution in [0.2, 0.25) is 0 Å². The van der Waals surface area contributed by atoms with Gasteiger partial charge in [-0.05, 0) is 44.0 Å². The maximum Gasteiger partial charge on any atom is 0.126 e. The summed E-state index contributed by atoms with van der Waals surface area (Å²) in [5, 5.41) is 3.57. The third kappa shape index (κ3) is 3.36. The molecular weight excluding hydrogens is 264 g/mol. The molecule has 1 aromatic rings. The van der Waals surface area contributed by atoms with Crippen LogP contribution in [0, 0.1) is 0 Å². The molecule has 0 saturated carbocycles. The van der Waals surface area contributed by atoms with E-state index in [0.717, 1.165) is 31.7 Å². The van der Waals surface area contributed by atoms with Gasteiger partial charge in [-0.3, -0.25) is 4.90 Å². The van der Waals surface area contributed by atoms with Crippen molar-refractivity contribution in [3.05, 3.63) is 23.9 Å². The Morgan fingerprint density at radius 1 is 1.57 bits per heavy atom. The molecule has 2 aliphatic heterocycles. The summed E-state index contributed by atoms with van der Waals surface area (Å²) in [4.78, 5) is 6.78. The number of nitrogens with one attached hydrogen (secondary N) is 1. The van der Waals surface area contributed by atoms with Crippen molar-refractivity contribution < 1.29 is 4.74 Å². The summed E-state index contributed by atoms with van der Waals surface area (Å²) in [6.07, 6.45) is 5.44. The van der Waals surface area contributed by atoms with E-state index < -0.39 is 0 Å². The van der Waals surface area contributed by atoms with E-state index in [-0.39, 0.29) is 6.10 Å². The van der Waals surface area contributed by atoms with Crippen molar-refractivity contribution in [3.63, 3.8) is 0 Å². The van der Waals surface area contributed by atoms with Gasteiger partial charge in [0.25, 0.3) is 0 Å². The average molecular weight is 290 g/mol. The minimum Gasteiger partial charge on any atom is -0.383 e. The minimum atomic E-state index is 0.235. The molecule has 3 unspecified atom stereocenters. The third-order valence-electron chi connectivity index (χ3n) is 4.70. The van der Waals surface area contributed by atoms with E-state index in [0.29, 0.717) is 17.9 Å². The predicted molar refractivity (Wildman–Crippen MR) is 84.2 cm³/mol. The third-order valence-corrected chi connectivity index (χ3v) is 4.70. The Bertz CT molecular complexity index is 467. The number of nitrogens with zero attached hydrogens (tertiary/aromatic N) is 2. The number of pyridine rings is 1. The highest BCUT2D eigenvalue weighted by Gasteiger charge is 2.35. The molecule has 0 spiro atoms. The molecule has 0 bridgehead atoms. The molecule has 5 heteroatoms. The fraction of sp³-hybridized carbons (Fsp3) is 0.688. The molecule has 116 valence electrons. The summed E-state index contributed by atoms with van der Waals surface area (Å²) in [6, 6.07) is 4.95. The Morgan fingerprint density at radius 2 is 2.48 bits per heavy atom.